The molecule has 0 rings (SSSR count). The van der Waals surface area contributed by atoms with Crippen molar-refractivity contribution in [3.05, 3.63) is 0 Å². The van der Waals surface area contributed by atoms with Crippen LogP contribution in [-0.2, 0) is 47.4 Å². The molecule has 0 unspecified atom stereocenters. The average Bonchev–Trinajstić information content (AvgIpc) is 2.81. The van der Waals surface area contributed by atoms with Crippen molar-refractivity contribution in [1.29, 1.82) is 0 Å². The van der Waals surface area contributed by atoms with Crippen molar-refractivity contribution in [2.45, 2.75) is 13.8 Å². The molecule has 10 nitrogen and oxygen atoms in total. The second kappa shape index (κ2) is 30.6. The van der Waals surface area contributed by atoms with Gasteiger partial charge in [-0.2, -0.15) is 0 Å². The van der Waals surface area contributed by atoms with Crippen molar-refractivity contribution in [1.82, 2.24) is 0 Å². The van der Waals surface area contributed by atoms with Crippen LogP contribution in [0.15, 0.2) is 0 Å². The molecule has 194 valence electrons. The molecular weight excluding hydrogens is 424 g/mol. The number of ether oxygens (including phenoxy) is 10. The van der Waals surface area contributed by atoms with Crippen LogP contribution in [0.4, 0.5) is 0 Å². The minimum atomic E-state index is 0.533. The Bertz CT molecular complexity index is 293. The van der Waals surface area contributed by atoms with Crippen molar-refractivity contribution in [2.75, 3.05) is 132 Å². The van der Waals surface area contributed by atoms with Gasteiger partial charge in [-0.25, -0.2) is 0 Å². The molecule has 0 aromatic rings. The van der Waals surface area contributed by atoms with Crippen LogP contribution in [0.3, 0.4) is 0 Å². The lowest BCUT2D eigenvalue weighted by Gasteiger charge is -2.08. The van der Waals surface area contributed by atoms with E-state index in [-0.39, 0.29) is 0 Å². The lowest BCUT2D eigenvalue weighted by molar-refractivity contribution is -0.0261. The predicted molar refractivity (Wildman–Crippen MR) is 120 cm³/mol. The van der Waals surface area contributed by atoms with Crippen LogP contribution in [0.2, 0.25) is 0 Å². The van der Waals surface area contributed by atoms with Gasteiger partial charge >= 0.3 is 0 Å². The summed E-state index contributed by atoms with van der Waals surface area (Å²) in [7, 11) is 0. The first-order chi connectivity index (χ1) is 15.9. The molecule has 0 aliphatic rings. The number of rotatable bonds is 29. The molecule has 0 aliphatic carbocycles. The van der Waals surface area contributed by atoms with Gasteiger partial charge in [0, 0.05) is 13.2 Å². The second-order valence-corrected chi connectivity index (χ2v) is 6.29. The standard InChI is InChI=1S/C22H46O10/c1-3-23-5-7-25-9-11-27-13-15-29-17-19-31-21-22-32-20-18-30-16-14-28-12-10-26-8-6-24-4-2/h3-22H2,1-2H3. The molecule has 0 saturated heterocycles. The summed E-state index contributed by atoms with van der Waals surface area (Å²) in [5.74, 6) is 0. The summed E-state index contributed by atoms with van der Waals surface area (Å²) in [5, 5.41) is 0. The summed E-state index contributed by atoms with van der Waals surface area (Å²) in [6, 6.07) is 0. The molecule has 0 aromatic heterocycles. The molecule has 0 fully saturated rings. The number of hydrogen-bond donors (Lipinski definition) is 0. The van der Waals surface area contributed by atoms with Crippen molar-refractivity contribution in [3.8, 4) is 0 Å². The first-order valence-electron chi connectivity index (χ1n) is 11.7. The van der Waals surface area contributed by atoms with E-state index in [1.807, 2.05) is 13.8 Å². The quantitative estimate of drug-likeness (QED) is 0.148. The Balaban J connectivity index is 2.98. The fraction of sp³-hybridized carbons (Fsp3) is 1.00. The number of hydrogen-bond acceptors (Lipinski definition) is 10. The molecule has 0 bridgehead atoms. The van der Waals surface area contributed by atoms with Gasteiger partial charge in [0.1, 0.15) is 0 Å². The first kappa shape index (κ1) is 31.6. The van der Waals surface area contributed by atoms with Gasteiger partial charge in [-0.1, -0.05) is 0 Å². The Morgan fingerprint density at radius 1 is 0.219 bits per heavy atom. The molecule has 10 heteroatoms. The van der Waals surface area contributed by atoms with E-state index in [9.17, 15) is 0 Å². The maximum absolute atomic E-state index is 5.44. The third-order valence-corrected chi connectivity index (χ3v) is 3.76. The van der Waals surface area contributed by atoms with Crippen LogP contribution >= 0.6 is 0 Å². The van der Waals surface area contributed by atoms with E-state index in [0.717, 1.165) is 0 Å². The van der Waals surface area contributed by atoms with Gasteiger partial charge in [0.25, 0.3) is 0 Å². The Morgan fingerprint density at radius 3 is 0.469 bits per heavy atom. The zero-order chi connectivity index (χ0) is 23.2. The summed E-state index contributed by atoms with van der Waals surface area (Å²) < 4.78 is 53.5. The predicted octanol–water partition coefficient (Wildman–Crippen LogP) is 1.19. The topological polar surface area (TPSA) is 92.3 Å². The van der Waals surface area contributed by atoms with Gasteiger partial charge in [-0.3, -0.25) is 0 Å². The fourth-order valence-electron chi connectivity index (χ4n) is 2.17. The van der Waals surface area contributed by atoms with Crippen LogP contribution in [0, 0.1) is 0 Å². The maximum Gasteiger partial charge on any atom is 0.0701 e. The van der Waals surface area contributed by atoms with E-state index in [4.69, 9.17) is 47.4 Å². The highest BCUT2D eigenvalue weighted by Crippen LogP contribution is 1.86. The normalized spacial score (nSPS) is 11.4. The Kier molecular flexibility index (Phi) is 30.2. The van der Waals surface area contributed by atoms with Crippen LogP contribution in [0.1, 0.15) is 13.8 Å². The third-order valence-electron chi connectivity index (χ3n) is 3.76. The summed E-state index contributed by atoms with van der Waals surface area (Å²) in [6.07, 6.45) is 0. The lowest BCUT2D eigenvalue weighted by Crippen LogP contribution is -2.15. The van der Waals surface area contributed by atoms with Crippen LogP contribution in [-0.4, -0.2) is 132 Å². The molecule has 0 spiro atoms. The van der Waals surface area contributed by atoms with Gasteiger partial charge in [-0.05, 0) is 13.8 Å². The van der Waals surface area contributed by atoms with Gasteiger partial charge < -0.3 is 47.4 Å². The van der Waals surface area contributed by atoms with E-state index in [1.165, 1.54) is 0 Å². The lowest BCUT2D eigenvalue weighted by atomic mass is 10.6. The average molecular weight is 471 g/mol. The monoisotopic (exact) mass is 470 g/mol. The fourth-order valence-corrected chi connectivity index (χ4v) is 2.17. The van der Waals surface area contributed by atoms with Crippen molar-refractivity contribution < 1.29 is 47.4 Å². The molecule has 0 amide bonds. The molecule has 0 N–H and O–H groups in total. The first-order valence-corrected chi connectivity index (χ1v) is 11.7. The summed E-state index contributed by atoms with van der Waals surface area (Å²) in [6.45, 7) is 15.5. The molecule has 0 atom stereocenters. The Morgan fingerprint density at radius 2 is 0.344 bits per heavy atom. The molecule has 0 radical (unpaired) electrons. The summed E-state index contributed by atoms with van der Waals surface area (Å²) >= 11 is 0. The highest BCUT2D eigenvalue weighted by Gasteiger charge is 1.95. The molecule has 0 heterocycles. The van der Waals surface area contributed by atoms with E-state index in [1.54, 1.807) is 0 Å². The minimum Gasteiger partial charge on any atom is -0.379 e. The maximum atomic E-state index is 5.44. The Hall–Kier alpha value is -0.400. The van der Waals surface area contributed by atoms with Gasteiger partial charge in [-0.15, -0.1) is 0 Å². The summed E-state index contributed by atoms with van der Waals surface area (Å²) in [4.78, 5) is 0. The van der Waals surface area contributed by atoms with E-state index < -0.39 is 0 Å². The van der Waals surface area contributed by atoms with E-state index in [2.05, 4.69) is 0 Å². The van der Waals surface area contributed by atoms with E-state index >= 15 is 0 Å². The third kappa shape index (κ3) is 29.6. The van der Waals surface area contributed by atoms with Gasteiger partial charge in [0.05, 0.1) is 119 Å². The zero-order valence-corrected chi connectivity index (χ0v) is 20.2. The van der Waals surface area contributed by atoms with Crippen molar-refractivity contribution >= 4 is 0 Å². The van der Waals surface area contributed by atoms with Crippen LogP contribution < -0.4 is 0 Å². The molecule has 0 saturated carbocycles. The van der Waals surface area contributed by atoms with Gasteiger partial charge in [0.2, 0.25) is 0 Å². The van der Waals surface area contributed by atoms with Crippen molar-refractivity contribution in [3.63, 3.8) is 0 Å². The molecule has 32 heavy (non-hydrogen) atoms. The smallest absolute Gasteiger partial charge is 0.0701 e. The van der Waals surface area contributed by atoms with Gasteiger partial charge in [0.15, 0.2) is 0 Å². The minimum absolute atomic E-state index is 0.533. The molecular formula is C22H46O10. The van der Waals surface area contributed by atoms with Crippen LogP contribution in [0.5, 0.6) is 0 Å². The molecule has 0 aromatic carbocycles. The van der Waals surface area contributed by atoms with Crippen molar-refractivity contribution in [2.24, 2.45) is 0 Å². The highest BCUT2D eigenvalue weighted by molar-refractivity contribution is 4.38. The highest BCUT2D eigenvalue weighted by atomic mass is 16.6. The largest absolute Gasteiger partial charge is 0.379 e. The second-order valence-electron chi connectivity index (χ2n) is 6.29. The SMILES string of the molecule is CCOCCOCCOCCOCCOCCOCCOCCOCCOCCOCC. The zero-order valence-electron chi connectivity index (χ0n) is 20.2. The summed E-state index contributed by atoms with van der Waals surface area (Å²) in [5.41, 5.74) is 0. The molecule has 0 aliphatic heterocycles. The Labute approximate surface area is 194 Å². The van der Waals surface area contributed by atoms with E-state index in [0.29, 0.717) is 132 Å². The van der Waals surface area contributed by atoms with Crippen LogP contribution in [0.25, 0.3) is 0 Å².